The molecule has 0 aliphatic carbocycles. The van der Waals surface area contributed by atoms with Crippen LogP contribution in [0.1, 0.15) is 28.4 Å². The number of ether oxygens (including phenoxy) is 1. The third-order valence-corrected chi connectivity index (χ3v) is 5.21. The summed E-state index contributed by atoms with van der Waals surface area (Å²) < 4.78 is 71.0. The molecular formula is C21H24F6N6O6. The minimum Gasteiger partial charge on any atom is -0.475 e. The highest BCUT2D eigenvalue weighted by atomic mass is 19.4. The number of carboxylic acid groups (broad SMARTS) is 2. The van der Waals surface area contributed by atoms with Gasteiger partial charge in [-0.15, -0.1) is 10.2 Å². The standard InChI is InChI=1S/C17H22N6O2.2C2HF3O2/c24-17(14-2-4-18-5-3-14)22-6-1-7-23-15(19-20-16(23)13-22)12-21-8-10-25-11-9-21;2*3-2(4,5)1(6)7/h2-5H,1,6-13H2;2*(H,6,7). The van der Waals surface area contributed by atoms with Gasteiger partial charge >= 0.3 is 24.3 Å². The SMILES string of the molecule is O=C(O)C(F)(F)F.O=C(O)C(F)(F)F.O=C(c1ccncc1)N1CCCn2c(CN3CCOCC3)nnc2C1. The number of rotatable bonds is 3. The average Bonchev–Trinajstić information content (AvgIpc) is 3.11. The van der Waals surface area contributed by atoms with Crippen molar-refractivity contribution in [1.82, 2.24) is 29.5 Å². The number of hydrogen-bond acceptors (Lipinski definition) is 8. The Morgan fingerprint density at radius 3 is 1.92 bits per heavy atom. The Morgan fingerprint density at radius 1 is 0.872 bits per heavy atom. The van der Waals surface area contributed by atoms with Crippen LogP contribution < -0.4 is 0 Å². The summed E-state index contributed by atoms with van der Waals surface area (Å²) in [5.41, 5.74) is 0.663. The summed E-state index contributed by atoms with van der Waals surface area (Å²) in [5, 5.41) is 23.0. The van der Waals surface area contributed by atoms with Gasteiger partial charge in [-0.25, -0.2) is 9.59 Å². The minimum absolute atomic E-state index is 0.0218. The summed E-state index contributed by atoms with van der Waals surface area (Å²) in [7, 11) is 0. The van der Waals surface area contributed by atoms with Crippen molar-refractivity contribution in [2.45, 2.75) is 38.4 Å². The van der Waals surface area contributed by atoms with Crippen molar-refractivity contribution in [3.8, 4) is 0 Å². The number of carbonyl (C=O) groups is 3. The molecule has 4 heterocycles. The number of aliphatic carboxylic acids is 2. The molecule has 1 amide bonds. The van der Waals surface area contributed by atoms with Crippen molar-refractivity contribution in [1.29, 1.82) is 0 Å². The van der Waals surface area contributed by atoms with Crippen LogP contribution in [0.3, 0.4) is 0 Å². The van der Waals surface area contributed by atoms with Gasteiger partial charge in [-0.2, -0.15) is 26.3 Å². The van der Waals surface area contributed by atoms with Gasteiger partial charge in [0.05, 0.1) is 26.3 Å². The predicted octanol–water partition coefficient (Wildman–Crippen LogP) is 1.82. The quantitative estimate of drug-likeness (QED) is 0.523. The van der Waals surface area contributed by atoms with Crippen LogP contribution >= 0.6 is 0 Å². The second-order valence-corrected chi connectivity index (χ2v) is 7.99. The van der Waals surface area contributed by atoms with E-state index in [2.05, 4.69) is 24.6 Å². The molecule has 0 spiro atoms. The number of nitrogens with zero attached hydrogens (tertiary/aromatic N) is 6. The molecule has 0 aromatic carbocycles. The number of alkyl halides is 6. The number of carboxylic acids is 2. The highest BCUT2D eigenvalue weighted by molar-refractivity contribution is 5.94. The van der Waals surface area contributed by atoms with Crippen molar-refractivity contribution in [3.05, 3.63) is 41.7 Å². The van der Waals surface area contributed by atoms with E-state index in [9.17, 15) is 31.1 Å². The molecule has 1 saturated heterocycles. The lowest BCUT2D eigenvalue weighted by atomic mass is 10.2. The number of fused-ring (bicyclic) bond motifs is 1. The highest BCUT2D eigenvalue weighted by Crippen LogP contribution is 2.17. The van der Waals surface area contributed by atoms with Crippen LogP contribution in [0.4, 0.5) is 26.3 Å². The number of amides is 1. The van der Waals surface area contributed by atoms with Gasteiger partial charge in [0.1, 0.15) is 5.82 Å². The minimum atomic E-state index is -5.08. The summed E-state index contributed by atoms with van der Waals surface area (Å²) in [6.07, 6.45) is -5.97. The number of aromatic nitrogens is 4. The first-order valence-corrected chi connectivity index (χ1v) is 11.2. The van der Waals surface area contributed by atoms with Gasteiger partial charge in [0, 0.05) is 44.1 Å². The third-order valence-electron chi connectivity index (χ3n) is 5.21. The first-order valence-electron chi connectivity index (χ1n) is 11.2. The fourth-order valence-corrected chi connectivity index (χ4v) is 3.34. The number of carbonyl (C=O) groups excluding carboxylic acids is 1. The van der Waals surface area contributed by atoms with Crippen molar-refractivity contribution < 1.29 is 55.7 Å². The second kappa shape index (κ2) is 13.8. The summed E-state index contributed by atoms with van der Waals surface area (Å²) in [6, 6.07) is 3.50. The highest BCUT2D eigenvalue weighted by Gasteiger charge is 2.38. The Bertz CT molecular complexity index is 1080. The molecule has 39 heavy (non-hydrogen) atoms. The maximum Gasteiger partial charge on any atom is 0.490 e. The molecule has 0 bridgehead atoms. The maximum atomic E-state index is 12.7. The molecule has 0 radical (unpaired) electrons. The smallest absolute Gasteiger partial charge is 0.475 e. The summed E-state index contributed by atoms with van der Waals surface area (Å²) in [4.78, 5) is 38.7. The number of halogens is 6. The van der Waals surface area contributed by atoms with Crippen LogP contribution in [0.25, 0.3) is 0 Å². The van der Waals surface area contributed by atoms with Crippen molar-refractivity contribution in [2.75, 3.05) is 32.8 Å². The fraction of sp³-hybridized carbons (Fsp3) is 0.524. The Hall–Kier alpha value is -3.80. The lowest BCUT2D eigenvalue weighted by Gasteiger charge is -2.26. The molecule has 0 unspecified atom stereocenters. The van der Waals surface area contributed by atoms with Crippen molar-refractivity contribution in [2.24, 2.45) is 0 Å². The van der Waals surface area contributed by atoms with Crippen LogP contribution in [0.5, 0.6) is 0 Å². The number of morpholine rings is 1. The van der Waals surface area contributed by atoms with Crippen molar-refractivity contribution >= 4 is 17.8 Å². The van der Waals surface area contributed by atoms with Crippen LogP contribution in [-0.4, -0.2) is 103 Å². The summed E-state index contributed by atoms with van der Waals surface area (Å²) in [5.74, 6) is -3.65. The van der Waals surface area contributed by atoms with Gasteiger partial charge < -0.3 is 24.4 Å². The fourth-order valence-electron chi connectivity index (χ4n) is 3.34. The van der Waals surface area contributed by atoms with Crippen molar-refractivity contribution in [3.63, 3.8) is 0 Å². The Labute approximate surface area is 216 Å². The van der Waals surface area contributed by atoms with E-state index in [1.165, 1.54) is 0 Å². The van der Waals surface area contributed by atoms with E-state index in [1.807, 2.05) is 4.90 Å². The zero-order valence-corrected chi connectivity index (χ0v) is 20.2. The largest absolute Gasteiger partial charge is 0.490 e. The zero-order chi connectivity index (χ0) is 29.2. The molecule has 2 aliphatic heterocycles. The molecule has 2 N–H and O–H groups in total. The van der Waals surface area contributed by atoms with Gasteiger partial charge in [0.2, 0.25) is 0 Å². The van der Waals surface area contributed by atoms with E-state index >= 15 is 0 Å². The normalized spacial score (nSPS) is 16.0. The Morgan fingerprint density at radius 2 is 1.41 bits per heavy atom. The lowest BCUT2D eigenvalue weighted by molar-refractivity contribution is -0.193. The Kier molecular flexibility index (Phi) is 11.1. The van der Waals surface area contributed by atoms with E-state index in [0.717, 1.165) is 64.0 Å². The molecule has 1 fully saturated rings. The van der Waals surface area contributed by atoms with Gasteiger partial charge in [0.25, 0.3) is 5.91 Å². The molecule has 2 aliphatic rings. The van der Waals surface area contributed by atoms with Gasteiger partial charge in [0.15, 0.2) is 5.82 Å². The molecule has 4 rings (SSSR count). The van der Waals surface area contributed by atoms with E-state index in [4.69, 9.17) is 24.5 Å². The first-order chi connectivity index (χ1) is 18.2. The molecule has 12 nitrogen and oxygen atoms in total. The van der Waals surface area contributed by atoms with E-state index in [-0.39, 0.29) is 5.91 Å². The second-order valence-electron chi connectivity index (χ2n) is 7.99. The molecule has 2 aromatic heterocycles. The summed E-state index contributed by atoms with van der Waals surface area (Å²) >= 11 is 0. The lowest BCUT2D eigenvalue weighted by Crippen LogP contribution is -2.36. The van der Waals surface area contributed by atoms with Crippen LogP contribution in [0.2, 0.25) is 0 Å². The van der Waals surface area contributed by atoms with E-state index < -0.39 is 24.3 Å². The molecular weight excluding hydrogens is 546 g/mol. The zero-order valence-electron chi connectivity index (χ0n) is 20.2. The third kappa shape index (κ3) is 10.1. The molecule has 0 saturated carbocycles. The maximum absolute atomic E-state index is 12.7. The van der Waals surface area contributed by atoms with E-state index in [1.54, 1.807) is 24.5 Å². The summed E-state index contributed by atoms with van der Waals surface area (Å²) in [6.45, 7) is 6.25. The van der Waals surface area contributed by atoms with Gasteiger partial charge in [-0.1, -0.05) is 0 Å². The molecule has 18 heteroatoms. The van der Waals surface area contributed by atoms with Crippen LogP contribution in [0.15, 0.2) is 24.5 Å². The van der Waals surface area contributed by atoms with Gasteiger partial charge in [-0.3, -0.25) is 14.7 Å². The Balaban J connectivity index is 0.000000317. The number of hydrogen-bond donors (Lipinski definition) is 2. The monoisotopic (exact) mass is 570 g/mol. The first kappa shape index (κ1) is 31.4. The number of pyridine rings is 1. The predicted molar refractivity (Wildman–Crippen MR) is 117 cm³/mol. The topological polar surface area (TPSA) is 151 Å². The van der Waals surface area contributed by atoms with Crippen LogP contribution in [0, 0.1) is 0 Å². The van der Waals surface area contributed by atoms with Gasteiger partial charge in [-0.05, 0) is 18.6 Å². The molecule has 0 atom stereocenters. The molecule has 2 aromatic rings. The van der Waals surface area contributed by atoms with Crippen LogP contribution in [-0.2, 0) is 34.0 Å². The van der Waals surface area contributed by atoms with E-state index in [0.29, 0.717) is 12.1 Å². The molecule has 216 valence electrons. The average molecular weight is 570 g/mol.